The zero-order valence-electron chi connectivity index (χ0n) is 12.2. The summed E-state index contributed by atoms with van der Waals surface area (Å²) in [6, 6.07) is 0. The molecular formula is C12H24N4O3S. The Morgan fingerprint density at radius 1 is 1.50 bits per heavy atom. The molecule has 7 nitrogen and oxygen atoms in total. The van der Waals surface area contributed by atoms with Crippen molar-refractivity contribution >= 4 is 15.8 Å². The molecule has 0 fully saturated rings. The molecular weight excluding hydrogens is 280 g/mol. The lowest BCUT2D eigenvalue weighted by molar-refractivity contribution is 0.152. The lowest BCUT2D eigenvalue weighted by atomic mass is 10.1. The standard InChI is InChI=1S/C12H24N4O3S/c1-4-5-16-8-11(12(13)15-16)20(18,19)14-7-10(17)6-9(2)3/h8-10,14,17H,4-7H2,1-3H3,(H2,13,15). The van der Waals surface area contributed by atoms with Gasteiger partial charge in [0.1, 0.15) is 4.90 Å². The van der Waals surface area contributed by atoms with E-state index in [-0.39, 0.29) is 17.3 Å². The third-order valence-corrected chi connectivity index (χ3v) is 4.19. The van der Waals surface area contributed by atoms with E-state index >= 15 is 0 Å². The average molecular weight is 304 g/mol. The zero-order valence-corrected chi connectivity index (χ0v) is 13.0. The molecule has 0 radical (unpaired) electrons. The number of nitrogen functional groups attached to an aromatic ring is 1. The predicted octanol–water partition coefficient (Wildman–Crippen LogP) is 0.561. The van der Waals surface area contributed by atoms with Gasteiger partial charge in [-0.25, -0.2) is 13.1 Å². The smallest absolute Gasteiger partial charge is 0.245 e. The lowest BCUT2D eigenvalue weighted by Crippen LogP contribution is -2.33. The van der Waals surface area contributed by atoms with Crippen LogP contribution in [0.25, 0.3) is 0 Å². The molecule has 0 spiro atoms. The quantitative estimate of drug-likeness (QED) is 0.650. The fourth-order valence-corrected chi connectivity index (χ4v) is 3.02. The second-order valence-corrected chi connectivity index (χ2v) is 7.01. The molecule has 1 aromatic heterocycles. The fourth-order valence-electron chi connectivity index (χ4n) is 1.88. The molecule has 1 heterocycles. The number of sulfonamides is 1. The number of hydrogen-bond acceptors (Lipinski definition) is 5. The molecule has 1 unspecified atom stereocenters. The summed E-state index contributed by atoms with van der Waals surface area (Å²) < 4.78 is 28.1. The molecule has 0 saturated carbocycles. The first kappa shape index (κ1) is 16.9. The Balaban J connectivity index is 2.73. The topological polar surface area (TPSA) is 110 Å². The van der Waals surface area contributed by atoms with Crippen molar-refractivity contribution in [1.29, 1.82) is 0 Å². The molecule has 4 N–H and O–H groups in total. The first-order chi connectivity index (χ1) is 9.26. The summed E-state index contributed by atoms with van der Waals surface area (Å²) in [5.74, 6) is 0.274. The van der Waals surface area contributed by atoms with E-state index in [0.717, 1.165) is 6.42 Å². The van der Waals surface area contributed by atoms with Gasteiger partial charge < -0.3 is 10.8 Å². The number of nitrogens with zero attached hydrogens (tertiary/aromatic N) is 2. The van der Waals surface area contributed by atoms with E-state index in [1.807, 2.05) is 20.8 Å². The van der Waals surface area contributed by atoms with Gasteiger partial charge in [0, 0.05) is 19.3 Å². The van der Waals surface area contributed by atoms with Crippen molar-refractivity contribution in [3.63, 3.8) is 0 Å². The molecule has 1 atom stereocenters. The highest BCUT2D eigenvalue weighted by atomic mass is 32.2. The van der Waals surface area contributed by atoms with Gasteiger partial charge in [-0.1, -0.05) is 20.8 Å². The van der Waals surface area contributed by atoms with E-state index in [9.17, 15) is 13.5 Å². The number of aromatic nitrogens is 2. The maximum atomic E-state index is 12.1. The number of hydrogen-bond donors (Lipinski definition) is 3. The molecule has 8 heteroatoms. The predicted molar refractivity (Wildman–Crippen MR) is 77.6 cm³/mol. The molecule has 0 bridgehead atoms. The van der Waals surface area contributed by atoms with E-state index in [1.165, 1.54) is 10.9 Å². The van der Waals surface area contributed by atoms with Crippen LogP contribution in [-0.4, -0.2) is 36.0 Å². The van der Waals surface area contributed by atoms with Crippen LogP contribution in [0.3, 0.4) is 0 Å². The van der Waals surface area contributed by atoms with E-state index < -0.39 is 16.1 Å². The Morgan fingerprint density at radius 2 is 2.15 bits per heavy atom. The molecule has 0 aliphatic carbocycles. The molecule has 20 heavy (non-hydrogen) atoms. The van der Waals surface area contributed by atoms with Gasteiger partial charge in [-0.15, -0.1) is 0 Å². The molecule has 0 amide bonds. The molecule has 1 aromatic rings. The van der Waals surface area contributed by atoms with Gasteiger partial charge in [-0.2, -0.15) is 5.10 Å². The molecule has 1 rings (SSSR count). The number of anilines is 1. The van der Waals surface area contributed by atoms with Gasteiger partial charge in [-0.3, -0.25) is 4.68 Å². The SMILES string of the molecule is CCCn1cc(S(=O)(=O)NCC(O)CC(C)C)c(N)n1. The van der Waals surface area contributed by atoms with Crippen LogP contribution in [0, 0.1) is 5.92 Å². The van der Waals surface area contributed by atoms with Crippen molar-refractivity contribution < 1.29 is 13.5 Å². The van der Waals surface area contributed by atoms with E-state index in [0.29, 0.717) is 18.9 Å². The Bertz CT molecular complexity index is 525. The Kier molecular flexibility index (Phi) is 5.97. The van der Waals surface area contributed by atoms with Gasteiger partial charge in [0.25, 0.3) is 0 Å². The Hall–Kier alpha value is -1.12. The normalized spacial score (nSPS) is 13.8. The first-order valence-corrected chi connectivity index (χ1v) is 8.25. The summed E-state index contributed by atoms with van der Waals surface area (Å²) >= 11 is 0. The van der Waals surface area contributed by atoms with Crippen LogP contribution in [0.1, 0.15) is 33.6 Å². The van der Waals surface area contributed by atoms with Gasteiger partial charge in [0.2, 0.25) is 10.0 Å². The largest absolute Gasteiger partial charge is 0.392 e. The van der Waals surface area contributed by atoms with Crippen LogP contribution >= 0.6 is 0 Å². The van der Waals surface area contributed by atoms with E-state index in [4.69, 9.17) is 5.73 Å². The summed E-state index contributed by atoms with van der Waals surface area (Å²) in [6.45, 7) is 6.47. The molecule has 116 valence electrons. The number of aliphatic hydroxyl groups is 1. The van der Waals surface area contributed by atoms with Crippen LogP contribution in [0.4, 0.5) is 5.82 Å². The molecule has 0 saturated heterocycles. The summed E-state index contributed by atoms with van der Waals surface area (Å²) in [4.78, 5) is -0.0392. The van der Waals surface area contributed by atoms with Gasteiger partial charge >= 0.3 is 0 Å². The van der Waals surface area contributed by atoms with Crippen LogP contribution in [0.5, 0.6) is 0 Å². The minimum Gasteiger partial charge on any atom is -0.392 e. The highest BCUT2D eigenvalue weighted by Crippen LogP contribution is 2.16. The second-order valence-electron chi connectivity index (χ2n) is 5.28. The number of nitrogens with two attached hydrogens (primary N) is 1. The lowest BCUT2D eigenvalue weighted by Gasteiger charge is -2.13. The number of rotatable bonds is 8. The summed E-state index contributed by atoms with van der Waals surface area (Å²) in [7, 11) is -3.74. The fraction of sp³-hybridized carbons (Fsp3) is 0.750. The minimum atomic E-state index is -3.74. The Labute approximate surface area is 120 Å². The highest BCUT2D eigenvalue weighted by Gasteiger charge is 2.22. The van der Waals surface area contributed by atoms with Crippen LogP contribution in [0.2, 0.25) is 0 Å². The molecule has 0 aromatic carbocycles. The van der Waals surface area contributed by atoms with Gasteiger partial charge in [-0.05, 0) is 18.8 Å². The average Bonchev–Trinajstić information content (AvgIpc) is 2.68. The maximum Gasteiger partial charge on any atom is 0.245 e. The van der Waals surface area contributed by atoms with Crippen molar-refractivity contribution in [2.45, 2.75) is 51.2 Å². The van der Waals surface area contributed by atoms with Crippen molar-refractivity contribution in [3.8, 4) is 0 Å². The highest BCUT2D eigenvalue weighted by molar-refractivity contribution is 7.89. The number of aryl methyl sites for hydroxylation is 1. The van der Waals surface area contributed by atoms with E-state index in [2.05, 4.69) is 9.82 Å². The first-order valence-electron chi connectivity index (χ1n) is 6.77. The monoisotopic (exact) mass is 304 g/mol. The minimum absolute atomic E-state index is 0.0238. The summed E-state index contributed by atoms with van der Waals surface area (Å²) in [5.41, 5.74) is 5.63. The van der Waals surface area contributed by atoms with Crippen LogP contribution < -0.4 is 10.5 Å². The van der Waals surface area contributed by atoms with Gasteiger partial charge in [0.05, 0.1) is 6.10 Å². The summed E-state index contributed by atoms with van der Waals surface area (Å²) in [6.07, 6.45) is 2.07. The van der Waals surface area contributed by atoms with E-state index in [1.54, 1.807) is 0 Å². The number of aliphatic hydroxyl groups excluding tert-OH is 1. The second kappa shape index (κ2) is 7.05. The third kappa shape index (κ3) is 4.77. The number of nitrogens with one attached hydrogen (secondary N) is 1. The van der Waals surface area contributed by atoms with Crippen molar-refractivity contribution in [2.24, 2.45) is 5.92 Å². The molecule has 0 aliphatic rings. The van der Waals surface area contributed by atoms with Crippen LogP contribution in [0.15, 0.2) is 11.1 Å². The zero-order chi connectivity index (χ0) is 15.3. The van der Waals surface area contributed by atoms with Crippen LogP contribution in [-0.2, 0) is 16.6 Å². The Morgan fingerprint density at radius 3 is 2.70 bits per heavy atom. The summed E-state index contributed by atoms with van der Waals surface area (Å²) in [5, 5.41) is 13.7. The maximum absolute atomic E-state index is 12.1. The molecule has 0 aliphatic heterocycles. The van der Waals surface area contributed by atoms with Crippen molar-refractivity contribution in [3.05, 3.63) is 6.20 Å². The van der Waals surface area contributed by atoms with Gasteiger partial charge in [0.15, 0.2) is 5.82 Å². The van der Waals surface area contributed by atoms with Crippen molar-refractivity contribution in [1.82, 2.24) is 14.5 Å². The van der Waals surface area contributed by atoms with Crippen molar-refractivity contribution in [2.75, 3.05) is 12.3 Å². The third-order valence-electron chi connectivity index (χ3n) is 2.75.